The Morgan fingerprint density at radius 2 is 2.06 bits per heavy atom. The van der Waals surface area contributed by atoms with E-state index in [9.17, 15) is 9.90 Å². The summed E-state index contributed by atoms with van der Waals surface area (Å²) in [5.41, 5.74) is 0.812. The molecule has 0 aliphatic carbocycles. The van der Waals surface area contributed by atoms with E-state index in [0.717, 1.165) is 5.56 Å². The zero-order chi connectivity index (χ0) is 12.3. The molecule has 1 aliphatic rings. The van der Waals surface area contributed by atoms with Gasteiger partial charge in [0.25, 0.3) is 0 Å². The number of aliphatic hydroxyl groups is 1. The molecule has 1 aromatic carbocycles. The highest BCUT2D eigenvalue weighted by atomic mass is 35.5. The molecule has 0 unspecified atom stereocenters. The van der Waals surface area contributed by atoms with Crippen molar-refractivity contribution in [2.45, 2.75) is 24.0 Å². The molecule has 0 bridgehead atoms. The lowest BCUT2D eigenvalue weighted by atomic mass is 10.00. The van der Waals surface area contributed by atoms with E-state index in [0.29, 0.717) is 6.42 Å². The van der Waals surface area contributed by atoms with Crippen molar-refractivity contribution in [2.75, 3.05) is 0 Å². The molecular formula is C13H13ClO3. The van der Waals surface area contributed by atoms with Gasteiger partial charge in [0.1, 0.15) is 12.2 Å². The van der Waals surface area contributed by atoms with Gasteiger partial charge in [-0.3, -0.25) is 0 Å². The molecule has 0 saturated carbocycles. The highest BCUT2D eigenvalue weighted by Gasteiger charge is 2.30. The van der Waals surface area contributed by atoms with Gasteiger partial charge in [0.15, 0.2) is 0 Å². The summed E-state index contributed by atoms with van der Waals surface area (Å²) in [6.07, 6.45) is 2.05. The number of halogens is 1. The smallest absolute Gasteiger partial charge is 0.330 e. The number of hydrogen-bond donors (Lipinski definition) is 1. The van der Waals surface area contributed by atoms with Crippen LogP contribution in [0.1, 0.15) is 17.4 Å². The van der Waals surface area contributed by atoms with E-state index in [-0.39, 0.29) is 0 Å². The van der Waals surface area contributed by atoms with Gasteiger partial charge in [-0.15, -0.1) is 11.6 Å². The number of carbonyl (C=O) groups is 1. The van der Waals surface area contributed by atoms with Crippen LogP contribution in [-0.4, -0.2) is 23.3 Å². The number of rotatable bonds is 3. The molecule has 3 nitrogen and oxygen atoms in total. The summed E-state index contributed by atoms with van der Waals surface area (Å²) in [7, 11) is 0. The first-order valence-corrected chi connectivity index (χ1v) is 5.86. The van der Waals surface area contributed by atoms with Crippen LogP contribution in [0.25, 0.3) is 0 Å². The Morgan fingerprint density at radius 3 is 2.71 bits per heavy atom. The summed E-state index contributed by atoms with van der Waals surface area (Å²) in [5, 5.41) is 9.49. The minimum Gasteiger partial charge on any atom is -0.456 e. The predicted octanol–water partition coefficient (Wildman–Crippen LogP) is 2.20. The minimum atomic E-state index is -0.909. The zero-order valence-electron chi connectivity index (χ0n) is 9.12. The third kappa shape index (κ3) is 2.87. The van der Waals surface area contributed by atoms with E-state index >= 15 is 0 Å². The van der Waals surface area contributed by atoms with E-state index in [4.69, 9.17) is 16.3 Å². The molecule has 0 aromatic heterocycles. The second kappa shape index (κ2) is 5.34. The molecule has 2 rings (SSSR count). The maximum Gasteiger partial charge on any atom is 0.330 e. The molecule has 17 heavy (non-hydrogen) atoms. The Hall–Kier alpha value is -1.32. The molecule has 1 aromatic rings. The number of alkyl halides is 1. The first-order valence-electron chi connectivity index (χ1n) is 5.42. The van der Waals surface area contributed by atoms with Crippen LogP contribution in [0, 0.1) is 0 Å². The van der Waals surface area contributed by atoms with E-state index in [1.165, 1.54) is 6.08 Å². The SMILES string of the molecule is O=C1C=CC[C@@H]([C@H](O)[C@H](Cl)c2ccccc2)O1. The van der Waals surface area contributed by atoms with Crippen molar-refractivity contribution < 1.29 is 14.6 Å². The first-order chi connectivity index (χ1) is 8.18. The highest BCUT2D eigenvalue weighted by Crippen LogP contribution is 2.29. The van der Waals surface area contributed by atoms with Crippen LogP contribution in [0.4, 0.5) is 0 Å². The average molecular weight is 253 g/mol. The Balaban J connectivity index is 2.07. The number of carbonyl (C=O) groups excluding carboxylic acids is 1. The molecule has 0 amide bonds. The summed E-state index contributed by atoms with van der Waals surface area (Å²) in [6, 6.07) is 9.25. The number of hydrogen-bond acceptors (Lipinski definition) is 3. The normalized spacial score (nSPS) is 22.9. The molecule has 1 aliphatic heterocycles. The molecule has 0 radical (unpaired) electrons. The maximum absolute atomic E-state index is 11.1. The lowest BCUT2D eigenvalue weighted by Crippen LogP contribution is -2.35. The topological polar surface area (TPSA) is 46.5 Å². The van der Waals surface area contributed by atoms with E-state index in [1.54, 1.807) is 6.08 Å². The van der Waals surface area contributed by atoms with Crippen molar-refractivity contribution in [1.82, 2.24) is 0 Å². The standard InChI is InChI=1S/C13H13ClO3/c14-12(9-5-2-1-3-6-9)13(16)10-7-4-8-11(15)17-10/h1-6,8,10,12-13,16H,7H2/t10-,12+,13-/m0/s1. The summed E-state index contributed by atoms with van der Waals surface area (Å²) < 4.78 is 5.03. The molecule has 1 heterocycles. The van der Waals surface area contributed by atoms with E-state index in [2.05, 4.69) is 0 Å². The quantitative estimate of drug-likeness (QED) is 0.663. The lowest BCUT2D eigenvalue weighted by Gasteiger charge is -2.27. The van der Waals surface area contributed by atoms with E-state index in [1.807, 2.05) is 30.3 Å². The molecule has 3 atom stereocenters. The number of benzene rings is 1. The highest BCUT2D eigenvalue weighted by molar-refractivity contribution is 6.21. The Morgan fingerprint density at radius 1 is 1.35 bits per heavy atom. The van der Waals surface area contributed by atoms with Crippen LogP contribution < -0.4 is 0 Å². The van der Waals surface area contributed by atoms with Gasteiger partial charge in [-0.1, -0.05) is 36.4 Å². The maximum atomic E-state index is 11.1. The largest absolute Gasteiger partial charge is 0.456 e. The third-order valence-electron chi connectivity index (χ3n) is 2.69. The van der Waals surface area contributed by atoms with Gasteiger partial charge in [-0.05, 0) is 5.56 Å². The van der Waals surface area contributed by atoms with Crippen LogP contribution >= 0.6 is 11.6 Å². The molecule has 0 fully saturated rings. The van der Waals surface area contributed by atoms with Crippen LogP contribution in [0.3, 0.4) is 0 Å². The number of esters is 1. The average Bonchev–Trinajstić information content (AvgIpc) is 2.38. The fourth-order valence-electron chi connectivity index (χ4n) is 1.77. The number of ether oxygens (including phenoxy) is 1. The number of cyclic esters (lactones) is 1. The number of aliphatic hydroxyl groups excluding tert-OH is 1. The van der Waals surface area contributed by atoms with Crippen LogP contribution in [0.15, 0.2) is 42.5 Å². The molecule has 1 N–H and O–H groups in total. The van der Waals surface area contributed by atoms with Gasteiger partial charge < -0.3 is 9.84 Å². The summed E-state index contributed by atoms with van der Waals surface area (Å²) in [6.45, 7) is 0. The Labute approximate surface area is 105 Å². The molecule has 0 spiro atoms. The second-order valence-electron chi connectivity index (χ2n) is 3.92. The fraction of sp³-hybridized carbons (Fsp3) is 0.308. The Bertz CT molecular complexity index is 416. The van der Waals surface area contributed by atoms with E-state index < -0.39 is 23.6 Å². The molecule has 4 heteroatoms. The zero-order valence-corrected chi connectivity index (χ0v) is 9.88. The van der Waals surface area contributed by atoms with Crippen molar-refractivity contribution in [1.29, 1.82) is 0 Å². The lowest BCUT2D eigenvalue weighted by molar-refractivity contribution is -0.150. The first kappa shape index (κ1) is 12.1. The van der Waals surface area contributed by atoms with Crippen molar-refractivity contribution in [3.8, 4) is 0 Å². The molecule has 0 saturated heterocycles. The van der Waals surface area contributed by atoms with Crippen molar-refractivity contribution in [2.24, 2.45) is 0 Å². The summed E-state index contributed by atoms with van der Waals surface area (Å²) in [5.74, 6) is -0.433. The summed E-state index contributed by atoms with van der Waals surface area (Å²) in [4.78, 5) is 11.1. The predicted molar refractivity (Wildman–Crippen MR) is 64.7 cm³/mol. The van der Waals surface area contributed by atoms with Gasteiger partial charge in [0, 0.05) is 12.5 Å². The van der Waals surface area contributed by atoms with Crippen molar-refractivity contribution >= 4 is 17.6 Å². The van der Waals surface area contributed by atoms with Crippen LogP contribution in [0.5, 0.6) is 0 Å². The van der Waals surface area contributed by atoms with Crippen LogP contribution in [-0.2, 0) is 9.53 Å². The van der Waals surface area contributed by atoms with Gasteiger partial charge in [0.2, 0.25) is 0 Å². The van der Waals surface area contributed by atoms with Crippen LogP contribution in [0.2, 0.25) is 0 Å². The molecule has 90 valence electrons. The van der Waals surface area contributed by atoms with Gasteiger partial charge >= 0.3 is 5.97 Å². The Kier molecular flexibility index (Phi) is 3.82. The van der Waals surface area contributed by atoms with Gasteiger partial charge in [0.05, 0.1) is 5.38 Å². The monoisotopic (exact) mass is 252 g/mol. The minimum absolute atomic E-state index is 0.433. The van der Waals surface area contributed by atoms with Gasteiger partial charge in [-0.25, -0.2) is 4.79 Å². The molecular weight excluding hydrogens is 240 g/mol. The van der Waals surface area contributed by atoms with Crippen molar-refractivity contribution in [3.05, 3.63) is 48.0 Å². The van der Waals surface area contributed by atoms with Gasteiger partial charge in [-0.2, -0.15) is 0 Å². The second-order valence-corrected chi connectivity index (χ2v) is 4.39. The third-order valence-corrected chi connectivity index (χ3v) is 3.20. The summed E-state index contributed by atoms with van der Waals surface area (Å²) >= 11 is 6.17. The fourth-order valence-corrected chi connectivity index (χ4v) is 2.07. The van der Waals surface area contributed by atoms with Crippen molar-refractivity contribution in [3.63, 3.8) is 0 Å².